The molecule has 0 saturated heterocycles. The number of benzene rings is 2. The third kappa shape index (κ3) is 10.9. The molecule has 0 spiro atoms. The van der Waals surface area contributed by atoms with Gasteiger partial charge in [-0.25, -0.2) is 29.5 Å². The molecule has 0 aliphatic heterocycles. The summed E-state index contributed by atoms with van der Waals surface area (Å²) in [4.78, 5) is 38.6. The zero-order chi connectivity index (χ0) is 35.6. The number of nitrogens with two attached hydrogens (primary N) is 1. The Morgan fingerprint density at radius 3 is 1.52 bits per heavy atom. The highest BCUT2D eigenvalue weighted by Gasteiger charge is 2.40. The van der Waals surface area contributed by atoms with Crippen molar-refractivity contribution in [3.05, 3.63) is 115 Å². The van der Waals surface area contributed by atoms with Crippen molar-refractivity contribution in [2.24, 2.45) is 5.73 Å². The van der Waals surface area contributed by atoms with Gasteiger partial charge in [0.1, 0.15) is 5.82 Å². The summed E-state index contributed by atoms with van der Waals surface area (Å²) in [6.45, 7) is 4.17. The number of hydrogen-bond donors (Lipinski definition) is 1. The maximum atomic E-state index is 11.7. The lowest BCUT2D eigenvalue weighted by Crippen LogP contribution is -2.43. The minimum atomic E-state index is -0.436. The van der Waals surface area contributed by atoms with Gasteiger partial charge in [-0.15, -0.1) is 12.4 Å². The van der Waals surface area contributed by atoms with Crippen LogP contribution in [0.15, 0.2) is 61.2 Å². The Morgan fingerprint density at radius 2 is 1.12 bits per heavy atom. The lowest BCUT2D eigenvalue weighted by atomic mass is 9.62. The zero-order valence-electron chi connectivity index (χ0n) is 27.4. The van der Waals surface area contributed by atoms with E-state index in [-0.39, 0.29) is 28.6 Å². The fourth-order valence-electron chi connectivity index (χ4n) is 5.35. The Bertz CT molecular complexity index is 1740. The van der Waals surface area contributed by atoms with Crippen LogP contribution in [0.4, 0.5) is 0 Å². The van der Waals surface area contributed by atoms with Crippen LogP contribution >= 0.6 is 70.4 Å². The van der Waals surface area contributed by atoms with E-state index < -0.39 is 11.9 Å². The number of rotatable bonds is 8. The molecule has 0 unspecified atom stereocenters. The lowest BCUT2D eigenvalue weighted by Gasteiger charge is -2.42. The van der Waals surface area contributed by atoms with Gasteiger partial charge >= 0.3 is 11.9 Å². The summed E-state index contributed by atoms with van der Waals surface area (Å²) >= 11 is 29.4. The molecule has 50 heavy (non-hydrogen) atoms. The van der Waals surface area contributed by atoms with E-state index in [0.717, 1.165) is 31.2 Å². The molecular formula is C35H37Cl6N5O4. The monoisotopic (exact) mass is 801 g/mol. The number of nitrogens with zero attached hydrogens (tertiary/aromatic N) is 4. The van der Waals surface area contributed by atoms with Gasteiger partial charge in [0.2, 0.25) is 5.28 Å². The van der Waals surface area contributed by atoms with E-state index in [1.807, 2.05) is 36.4 Å². The van der Waals surface area contributed by atoms with Crippen LogP contribution in [0.1, 0.15) is 90.0 Å². The first kappa shape index (κ1) is 41.7. The summed E-state index contributed by atoms with van der Waals surface area (Å²) in [5.41, 5.74) is 8.95. The molecule has 0 atom stereocenters. The zero-order valence-corrected chi connectivity index (χ0v) is 32.0. The van der Waals surface area contributed by atoms with Crippen molar-refractivity contribution in [3.8, 4) is 0 Å². The van der Waals surface area contributed by atoms with Gasteiger partial charge in [0.05, 0.1) is 44.4 Å². The van der Waals surface area contributed by atoms with Gasteiger partial charge in [0.25, 0.3) is 0 Å². The van der Waals surface area contributed by atoms with Crippen LogP contribution in [0, 0.1) is 0 Å². The number of ether oxygens (including phenoxy) is 2. The Balaban J connectivity index is 0.000000220. The van der Waals surface area contributed by atoms with E-state index in [2.05, 4.69) is 19.9 Å². The number of aromatic nitrogens is 4. The molecule has 268 valence electrons. The van der Waals surface area contributed by atoms with E-state index >= 15 is 0 Å². The topological polar surface area (TPSA) is 130 Å². The molecule has 2 N–H and O–H groups in total. The Hall–Kier alpha value is -2.76. The van der Waals surface area contributed by atoms with Crippen molar-refractivity contribution in [3.63, 3.8) is 0 Å². The van der Waals surface area contributed by atoms with Crippen LogP contribution in [0.5, 0.6) is 0 Å². The predicted molar refractivity (Wildman–Crippen MR) is 200 cm³/mol. The highest BCUT2D eigenvalue weighted by atomic mass is 35.5. The van der Waals surface area contributed by atoms with Gasteiger partial charge < -0.3 is 15.2 Å². The molecule has 15 heteroatoms. The first-order chi connectivity index (χ1) is 23.4. The number of hydrogen-bond acceptors (Lipinski definition) is 9. The van der Waals surface area contributed by atoms with Crippen molar-refractivity contribution < 1.29 is 19.1 Å². The van der Waals surface area contributed by atoms with E-state index in [0.29, 0.717) is 56.7 Å². The smallest absolute Gasteiger partial charge is 0.341 e. The van der Waals surface area contributed by atoms with E-state index in [1.165, 1.54) is 43.2 Å². The third-order valence-corrected chi connectivity index (χ3v) is 10.1. The molecule has 2 saturated carbocycles. The van der Waals surface area contributed by atoms with E-state index in [9.17, 15) is 9.59 Å². The minimum absolute atomic E-state index is 0. The number of halogens is 6. The van der Waals surface area contributed by atoms with Crippen LogP contribution in [-0.2, 0) is 26.8 Å². The Labute approximate surface area is 323 Å². The van der Waals surface area contributed by atoms with Crippen LogP contribution in [0.2, 0.25) is 25.4 Å². The van der Waals surface area contributed by atoms with Crippen LogP contribution in [0.3, 0.4) is 0 Å². The second-order valence-corrected chi connectivity index (χ2v) is 13.6. The molecule has 0 radical (unpaired) electrons. The lowest BCUT2D eigenvalue weighted by molar-refractivity contribution is 0.0515. The summed E-state index contributed by atoms with van der Waals surface area (Å²) in [5.74, 6) is -0.116. The molecule has 2 aromatic heterocycles. The number of carbonyl (C=O) groups is 2. The van der Waals surface area contributed by atoms with E-state index in [4.69, 9.17) is 73.2 Å². The van der Waals surface area contributed by atoms with Crippen molar-refractivity contribution in [2.45, 2.75) is 69.7 Å². The normalized spacial score (nSPS) is 14.9. The summed E-state index contributed by atoms with van der Waals surface area (Å²) < 4.78 is 9.65. The molecule has 2 heterocycles. The molecule has 2 aromatic carbocycles. The van der Waals surface area contributed by atoms with Crippen molar-refractivity contribution in [2.75, 3.05) is 13.2 Å². The molecule has 0 bridgehead atoms. The Kier molecular flexibility index (Phi) is 16.0. The molecule has 4 aromatic rings. The third-order valence-electron chi connectivity index (χ3n) is 8.43. The number of esters is 2. The fraction of sp³-hybridized carbons (Fsp3) is 0.371. The van der Waals surface area contributed by atoms with Crippen LogP contribution in [0.25, 0.3) is 0 Å². The molecule has 2 aliphatic rings. The average molecular weight is 804 g/mol. The summed E-state index contributed by atoms with van der Waals surface area (Å²) in [6.07, 6.45) is 13.0. The van der Waals surface area contributed by atoms with Crippen LogP contribution in [-0.4, -0.2) is 45.1 Å². The Morgan fingerprint density at radius 1 is 0.680 bits per heavy atom. The second kappa shape index (κ2) is 19.2. The first-order valence-corrected chi connectivity index (χ1v) is 17.6. The average Bonchev–Trinajstić information content (AvgIpc) is 3.06. The molecule has 2 fully saturated rings. The summed E-state index contributed by atoms with van der Waals surface area (Å²) in [7, 11) is 0. The maximum absolute atomic E-state index is 11.7. The molecular weight excluding hydrogens is 767 g/mol. The minimum Gasteiger partial charge on any atom is -0.462 e. The quantitative estimate of drug-likeness (QED) is 0.137. The highest BCUT2D eigenvalue weighted by molar-refractivity contribution is 6.42. The van der Waals surface area contributed by atoms with Crippen molar-refractivity contribution in [1.29, 1.82) is 0 Å². The van der Waals surface area contributed by atoms with Gasteiger partial charge in [-0.2, -0.15) is 0 Å². The van der Waals surface area contributed by atoms with Gasteiger partial charge in [-0.1, -0.05) is 65.0 Å². The number of carbonyl (C=O) groups excluding carboxylic acids is 2. The SMILES string of the molecule is CCOC(=O)c1cnc(CC2(c3ccc(Cl)c(Cl)c3)CCC2)nc1.CCOC(=O)c1cnc(Cl)nc1.Cl.NC1(c2ccc(Cl)c(Cl)c2)CCC1. The van der Waals surface area contributed by atoms with Gasteiger partial charge in [-0.3, -0.25) is 0 Å². The first-order valence-electron chi connectivity index (χ1n) is 15.7. The molecule has 9 nitrogen and oxygen atoms in total. The van der Waals surface area contributed by atoms with Gasteiger partial charge in [0.15, 0.2) is 0 Å². The fourth-order valence-corrected chi connectivity index (χ4v) is 6.04. The van der Waals surface area contributed by atoms with Crippen molar-refractivity contribution in [1.82, 2.24) is 19.9 Å². The largest absolute Gasteiger partial charge is 0.462 e. The molecule has 0 amide bonds. The van der Waals surface area contributed by atoms with Gasteiger partial charge in [0, 0.05) is 42.2 Å². The summed E-state index contributed by atoms with van der Waals surface area (Å²) in [6, 6.07) is 11.5. The van der Waals surface area contributed by atoms with Crippen molar-refractivity contribution >= 4 is 82.4 Å². The van der Waals surface area contributed by atoms with Crippen LogP contribution < -0.4 is 5.73 Å². The molecule has 6 rings (SSSR count). The second-order valence-electron chi connectivity index (χ2n) is 11.6. The summed E-state index contributed by atoms with van der Waals surface area (Å²) in [5, 5.41) is 2.43. The standard InChI is InChI=1S/C18H18Cl2N2O2.C10H11Cl2N.C7H7ClN2O2.ClH/c1-2-24-17(23)12-10-21-16(22-11-12)9-18(6-3-7-18)13-4-5-14(19)15(20)8-13;11-8-3-2-7(6-9(8)12)10(13)4-1-5-10;1-2-12-6(11)5-3-9-7(8)10-4-5;/h4-5,8,10-11H,2-3,6-7,9H2,1H3;2-3,6H,1,4-5,13H2;3-4H,2H2,1H3;1H. The van der Waals surface area contributed by atoms with Gasteiger partial charge in [-0.05, 0) is 92.9 Å². The molecule has 2 aliphatic carbocycles. The highest BCUT2D eigenvalue weighted by Crippen LogP contribution is 2.47. The maximum Gasteiger partial charge on any atom is 0.341 e. The predicted octanol–water partition coefficient (Wildman–Crippen LogP) is 9.68. The van der Waals surface area contributed by atoms with E-state index in [1.54, 1.807) is 13.8 Å².